The molecule has 0 bridgehead atoms. The Bertz CT molecular complexity index is 966. The summed E-state index contributed by atoms with van der Waals surface area (Å²) in [5.74, 6) is 0.701. The average Bonchev–Trinajstić information content (AvgIpc) is 3.22. The lowest BCUT2D eigenvalue weighted by molar-refractivity contribution is -0.129. The highest BCUT2D eigenvalue weighted by atomic mass is 32.2. The molecule has 1 aliphatic rings. The number of sulfonamides is 1. The van der Waals surface area contributed by atoms with Crippen molar-refractivity contribution >= 4 is 21.6 Å². The number of nitrogens with zero attached hydrogens (tertiary/aromatic N) is 1. The molecule has 2 N–H and O–H groups in total. The number of carbonyl (C=O) groups excluding carboxylic acids is 1. The van der Waals surface area contributed by atoms with Crippen molar-refractivity contribution in [3.05, 3.63) is 48.5 Å². The fourth-order valence-corrected chi connectivity index (χ4v) is 4.44. The lowest BCUT2D eigenvalue weighted by Crippen LogP contribution is -2.34. The van der Waals surface area contributed by atoms with Crippen LogP contribution in [0.15, 0.2) is 53.4 Å². The van der Waals surface area contributed by atoms with Crippen LogP contribution in [-0.2, 0) is 14.8 Å². The lowest BCUT2D eigenvalue weighted by Gasteiger charge is -2.18. The van der Waals surface area contributed by atoms with Crippen LogP contribution in [0, 0.1) is 0 Å². The molecule has 0 spiro atoms. The van der Waals surface area contributed by atoms with E-state index in [9.17, 15) is 13.2 Å². The number of rotatable bonds is 9. The zero-order valence-electron chi connectivity index (χ0n) is 17.1. The van der Waals surface area contributed by atoms with Crippen LogP contribution >= 0.6 is 0 Å². The minimum Gasteiger partial charge on any atom is -0.493 e. The molecule has 1 unspecified atom stereocenters. The molecule has 1 aliphatic heterocycles. The van der Waals surface area contributed by atoms with Gasteiger partial charge in [0.05, 0.1) is 19.1 Å². The van der Waals surface area contributed by atoms with Gasteiger partial charge in [-0.25, -0.2) is 13.1 Å². The maximum atomic E-state index is 12.5. The van der Waals surface area contributed by atoms with E-state index in [2.05, 4.69) is 10.0 Å². The van der Waals surface area contributed by atoms with E-state index in [1.165, 1.54) is 32.4 Å². The molecule has 3 rings (SSSR count). The van der Waals surface area contributed by atoms with Crippen molar-refractivity contribution in [2.24, 2.45) is 0 Å². The maximum Gasteiger partial charge on any atom is 0.240 e. The molecule has 8 nitrogen and oxygen atoms in total. The van der Waals surface area contributed by atoms with Gasteiger partial charge in [0.1, 0.15) is 0 Å². The Kier molecular flexibility index (Phi) is 7.17. The topological polar surface area (TPSA) is 97.0 Å². The highest BCUT2D eigenvalue weighted by molar-refractivity contribution is 7.89. The van der Waals surface area contributed by atoms with Gasteiger partial charge in [0.2, 0.25) is 15.9 Å². The van der Waals surface area contributed by atoms with Gasteiger partial charge in [0.25, 0.3) is 0 Å². The molecule has 2 aromatic rings. The summed E-state index contributed by atoms with van der Waals surface area (Å²) in [5.41, 5.74) is 1.03. The van der Waals surface area contributed by atoms with Crippen molar-refractivity contribution in [1.29, 1.82) is 0 Å². The number of benzene rings is 2. The second-order valence-corrected chi connectivity index (χ2v) is 8.77. The van der Waals surface area contributed by atoms with Crippen molar-refractivity contribution in [3.8, 4) is 11.5 Å². The standard InChI is InChI=1S/C21H27N3O5S/c1-28-19-9-8-18(14-20(19)29-2)30(26,27)22-12-10-21(25)24-13-11-17(15-24)23-16-6-4-3-5-7-16/h3-9,14,17,22-23H,10-13,15H2,1-2H3. The van der Waals surface area contributed by atoms with Gasteiger partial charge in [-0.3, -0.25) is 4.79 Å². The molecule has 1 saturated heterocycles. The minimum absolute atomic E-state index is 0.0305. The van der Waals surface area contributed by atoms with Gasteiger partial charge in [-0.05, 0) is 30.7 Å². The Labute approximate surface area is 177 Å². The van der Waals surface area contributed by atoms with Crippen LogP contribution in [0.4, 0.5) is 5.69 Å². The first kappa shape index (κ1) is 21.9. The lowest BCUT2D eigenvalue weighted by atomic mass is 10.2. The predicted molar refractivity (Wildman–Crippen MR) is 114 cm³/mol. The fourth-order valence-electron chi connectivity index (χ4n) is 3.39. The predicted octanol–water partition coefficient (Wildman–Crippen LogP) is 2.09. The van der Waals surface area contributed by atoms with Gasteiger partial charge in [0.15, 0.2) is 11.5 Å². The molecule has 162 valence electrons. The normalized spacial score (nSPS) is 16.3. The van der Waals surface area contributed by atoms with Crippen LogP contribution in [0.5, 0.6) is 11.5 Å². The number of methoxy groups -OCH3 is 2. The Morgan fingerprint density at radius 1 is 1.10 bits per heavy atom. The van der Waals surface area contributed by atoms with Gasteiger partial charge < -0.3 is 19.7 Å². The van der Waals surface area contributed by atoms with E-state index >= 15 is 0 Å². The fraction of sp³-hybridized carbons (Fsp3) is 0.381. The number of para-hydroxylation sites is 1. The number of anilines is 1. The molecular formula is C21H27N3O5S. The first-order valence-electron chi connectivity index (χ1n) is 9.74. The van der Waals surface area contributed by atoms with Crippen molar-refractivity contribution in [2.75, 3.05) is 39.2 Å². The van der Waals surface area contributed by atoms with Crippen LogP contribution in [-0.4, -0.2) is 59.1 Å². The molecule has 0 aromatic heterocycles. The van der Waals surface area contributed by atoms with Crippen molar-refractivity contribution < 1.29 is 22.7 Å². The van der Waals surface area contributed by atoms with Crippen molar-refractivity contribution in [2.45, 2.75) is 23.8 Å². The molecule has 0 aliphatic carbocycles. The van der Waals surface area contributed by atoms with E-state index in [4.69, 9.17) is 9.47 Å². The zero-order valence-corrected chi connectivity index (χ0v) is 17.9. The van der Waals surface area contributed by atoms with Crippen molar-refractivity contribution in [3.63, 3.8) is 0 Å². The highest BCUT2D eigenvalue weighted by Gasteiger charge is 2.26. The van der Waals surface area contributed by atoms with E-state index in [1.54, 1.807) is 4.90 Å². The summed E-state index contributed by atoms with van der Waals surface area (Å²) in [5, 5.41) is 3.42. The average molecular weight is 434 g/mol. The first-order valence-corrected chi connectivity index (χ1v) is 11.2. The Morgan fingerprint density at radius 2 is 1.83 bits per heavy atom. The Hall–Kier alpha value is -2.78. The second kappa shape index (κ2) is 9.82. The molecule has 0 saturated carbocycles. The van der Waals surface area contributed by atoms with Crippen LogP contribution in [0.3, 0.4) is 0 Å². The van der Waals surface area contributed by atoms with Crippen molar-refractivity contribution in [1.82, 2.24) is 9.62 Å². The summed E-state index contributed by atoms with van der Waals surface area (Å²) in [4.78, 5) is 14.3. The molecular weight excluding hydrogens is 406 g/mol. The number of likely N-dealkylation sites (tertiary alicyclic amines) is 1. The molecule has 0 radical (unpaired) electrons. The van der Waals surface area contributed by atoms with Crippen LogP contribution in [0.25, 0.3) is 0 Å². The largest absolute Gasteiger partial charge is 0.493 e. The van der Waals surface area contributed by atoms with E-state index in [0.29, 0.717) is 24.6 Å². The third kappa shape index (κ3) is 5.43. The Morgan fingerprint density at radius 3 is 2.53 bits per heavy atom. The summed E-state index contributed by atoms with van der Waals surface area (Å²) in [6.07, 6.45) is 0.961. The van der Waals surface area contributed by atoms with Gasteiger partial charge >= 0.3 is 0 Å². The Balaban J connectivity index is 1.49. The van der Waals surface area contributed by atoms with Gasteiger partial charge in [-0.15, -0.1) is 0 Å². The molecule has 1 atom stereocenters. The van der Waals surface area contributed by atoms with Crippen LogP contribution in [0.1, 0.15) is 12.8 Å². The van der Waals surface area contributed by atoms with E-state index in [1.807, 2.05) is 30.3 Å². The zero-order chi connectivity index (χ0) is 21.6. The number of amides is 1. The number of ether oxygens (including phenoxy) is 2. The number of carbonyl (C=O) groups is 1. The monoisotopic (exact) mass is 433 g/mol. The highest BCUT2D eigenvalue weighted by Crippen LogP contribution is 2.29. The summed E-state index contributed by atoms with van der Waals surface area (Å²) in [7, 11) is -0.836. The van der Waals surface area contributed by atoms with E-state index in [-0.39, 0.29) is 29.8 Å². The van der Waals surface area contributed by atoms with E-state index < -0.39 is 10.0 Å². The summed E-state index contributed by atoms with van der Waals surface area (Å²) in [6.45, 7) is 1.30. The second-order valence-electron chi connectivity index (χ2n) is 7.00. The minimum atomic E-state index is -3.76. The van der Waals surface area contributed by atoms with Gasteiger partial charge in [-0.2, -0.15) is 0 Å². The molecule has 1 heterocycles. The summed E-state index contributed by atoms with van der Waals surface area (Å²) < 4.78 is 37.8. The summed E-state index contributed by atoms with van der Waals surface area (Å²) >= 11 is 0. The number of hydrogen-bond donors (Lipinski definition) is 2. The molecule has 2 aromatic carbocycles. The quantitative estimate of drug-likeness (QED) is 0.629. The van der Waals surface area contributed by atoms with Gasteiger partial charge in [0, 0.05) is 43.9 Å². The molecule has 1 fully saturated rings. The third-order valence-corrected chi connectivity index (χ3v) is 6.44. The van der Waals surface area contributed by atoms with E-state index in [0.717, 1.165) is 12.1 Å². The SMILES string of the molecule is COc1ccc(S(=O)(=O)NCCC(=O)N2CCC(Nc3ccccc3)C2)cc1OC. The maximum absolute atomic E-state index is 12.5. The first-order chi connectivity index (χ1) is 14.4. The van der Waals surface area contributed by atoms with Crippen LogP contribution in [0.2, 0.25) is 0 Å². The molecule has 30 heavy (non-hydrogen) atoms. The summed E-state index contributed by atoms with van der Waals surface area (Å²) in [6, 6.07) is 14.4. The van der Waals surface area contributed by atoms with Crippen LogP contribution < -0.4 is 19.5 Å². The number of nitrogens with one attached hydrogen (secondary N) is 2. The van der Waals surface area contributed by atoms with Gasteiger partial charge in [-0.1, -0.05) is 18.2 Å². The smallest absolute Gasteiger partial charge is 0.240 e. The molecule has 1 amide bonds. The molecule has 9 heteroatoms. The number of hydrogen-bond acceptors (Lipinski definition) is 6. The third-order valence-electron chi connectivity index (χ3n) is 4.98.